The van der Waals surface area contributed by atoms with Gasteiger partial charge in [0.25, 0.3) is 5.91 Å². The van der Waals surface area contributed by atoms with Gasteiger partial charge in [0.1, 0.15) is 11.3 Å². The van der Waals surface area contributed by atoms with Crippen molar-refractivity contribution in [1.82, 2.24) is 15.5 Å². The zero-order valence-electron chi connectivity index (χ0n) is 9.73. The first-order valence-corrected chi connectivity index (χ1v) is 5.54. The van der Waals surface area contributed by atoms with Crippen LogP contribution >= 0.6 is 0 Å². The van der Waals surface area contributed by atoms with E-state index in [0.717, 1.165) is 11.0 Å². The highest BCUT2D eigenvalue weighted by Gasteiger charge is 2.17. The minimum absolute atomic E-state index is 0.195. The molecule has 0 bridgehead atoms. The van der Waals surface area contributed by atoms with E-state index in [9.17, 15) is 4.79 Å². The fourth-order valence-corrected chi connectivity index (χ4v) is 1.89. The highest BCUT2D eigenvalue weighted by Crippen LogP contribution is 2.28. The van der Waals surface area contributed by atoms with E-state index in [1.54, 1.807) is 7.05 Å². The van der Waals surface area contributed by atoms with Crippen molar-refractivity contribution in [3.05, 3.63) is 42.1 Å². The molecule has 0 atom stereocenters. The molecule has 0 radical (unpaired) electrons. The Morgan fingerprint density at radius 1 is 1.39 bits per heavy atom. The van der Waals surface area contributed by atoms with Gasteiger partial charge in [-0.15, -0.1) is 0 Å². The number of para-hydroxylation sites is 1. The Labute approximate surface area is 103 Å². The molecule has 2 heterocycles. The number of aromatic amines is 1. The number of nitrogens with one attached hydrogen (secondary N) is 2. The third-order valence-electron chi connectivity index (χ3n) is 2.78. The number of H-pyrrole nitrogens is 1. The van der Waals surface area contributed by atoms with Gasteiger partial charge in [0.15, 0.2) is 5.76 Å². The van der Waals surface area contributed by atoms with E-state index < -0.39 is 0 Å². The first-order valence-electron chi connectivity index (χ1n) is 5.54. The number of amides is 1. The molecule has 90 valence electrons. The number of aromatic nitrogens is 2. The summed E-state index contributed by atoms with van der Waals surface area (Å²) in [6.45, 7) is 0. The number of benzene rings is 1. The van der Waals surface area contributed by atoms with E-state index in [-0.39, 0.29) is 5.91 Å². The van der Waals surface area contributed by atoms with Crippen molar-refractivity contribution >= 4 is 16.9 Å². The second kappa shape index (κ2) is 4.03. The Kier molecular flexibility index (Phi) is 2.37. The monoisotopic (exact) mass is 241 g/mol. The molecule has 0 unspecified atom stereocenters. The second-order valence-electron chi connectivity index (χ2n) is 3.89. The zero-order chi connectivity index (χ0) is 12.5. The normalized spacial score (nSPS) is 10.7. The Balaban J connectivity index is 2.14. The Morgan fingerprint density at radius 3 is 3.00 bits per heavy atom. The molecular weight excluding hydrogens is 230 g/mol. The number of carbonyl (C=O) groups is 1. The maximum absolute atomic E-state index is 11.7. The maximum Gasteiger partial charge on any atom is 0.254 e. The number of furan rings is 1. The minimum Gasteiger partial charge on any atom is -0.454 e. The van der Waals surface area contributed by atoms with Crippen LogP contribution in [0.4, 0.5) is 0 Å². The van der Waals surface area contributed by atoms with Crippen LogP contribution in [0.5, 0.6) is 0 Å². The number of hydrogen-bond donors (Lipinski definition) is 2. The molecule has 0 saturated heterocycles. The van der Waals surface area contributed by atoms with Crippen LogP contribution in [0, 0.1) is 0 Å². The van der Waals surface area contributed by atoms with E-state index in [4.69, 9.17) is 4.42 Å². The van der Waals surface area contributed by atoms with Crippen LogP contribution in [0.15, 0.2) is 40.9 Å². The highest BCUT2D eigenvalue weighted by molar-refractivity contribution is 5.99. The number of hydrogen-bond acceptors (Lipinski definition) is 3. The lowest BCUT2D eigenvalue weighted by Gasteiger charge is -1.97. The van der Waals surface area contributed by atoms with Gasteiger partial charge in [-0.2, -0.15) is 5.10 Å². The lowest BCUT2D eigenvalue weighted by molar-refractivity contribution is 0.0963. The summed E-state index contributed by atoms with van der Waals surface area (Å²) in [5.41, 5.74) is 1.84. The van der Waals surface area contributed by atoms with Gasteiger partial charge in [-0.05, 0) is 12.1 Å². The molecule has 0 aliphatic heterocycles. The SMILES string of the molecule is CNC(=O)c1cn[nH]c1-c1cc2ccccc2o1. The van der Waals surface area contributed by atoms with Crippen LogP contribution in [-0.4, -0.2) is 23.2 Å². The first kappa shape index (κ1) is 10.6. The van der Waals surface area contributed by atoms with Gasteiger partial charge in [0.2, 0.25) is 0 Å². The van der Waals surface area contributed by atoms with Crippen molar-refractivity contribution in [3.63, 3.8) is 0 Å². The maximum atomic E-state index is 11.7. The Bertz CT molecular complexity index is 679. The van der Waals surface area contributed by atoms with Gasteiger partial charge >= 0.3 is 0 Å². The molecule has 5 nitrogen and oxygen atoms in total. The molecule has 0 aliphatic rings. The van der Waals surface area contributed by atoms with Crippen LogP contribution in [0.1, 0.15) is 10.4 Å². The third-order valence-corrected chi connectivity index (χ3v) is 2.78. The minimum atomic E-state index is -0.195. The fraction of sp³-hybridized carbons (Fsp3) is 0.0769. The third kappa shape index (κ3) is 1.57. The van der Waals surface area contributed by atoms with Gasteiger partial charge in [0, 0.05) is 12.4 Å². The first-order chi connectivity index (χ1) is 8.79. The topological polar surface area (TPSA) is 70.9 Å². The van der Waals surface area contributed by atoms with Crippen LogP contribution in [0.2, 0.25) is 0 Å². The highest BCUT2D eigenvalue weighted by atomic mass is 16.3. The summed E-state index contributed by atoms with van der Waals surface area (Å²) < 4.78 is 5.70. The predicted octanol–water partition coefficient (Wildman–Crippen LogP) is 2.18. The van der Waals surface area contributed by atoms with Crippen LogP contribution in [-0.2, 0) is 0 Å². The van der Waals surface area contributed by atoms with Crippen molar-refractivity contribution < 1.29 is 9.21 Å². The lowest BCUT2D eigenvalue weighted by Crippen LogP contribution is -2.17. The van der Waals surface area contributed by atoms with E-state index in [1.807, 2.05) is 30.3 Å². The quantitative estimate of drug-likeness (QED) is 0.722. The summed E-state index contributed by atoms with van der Waals surface area (Å²) in [7, 11) is 1.58. The number of rotatable bonds is 2. The number of nitrogens with zero attached hydrogens (tertiary/aromatic N) is 1. The average molecular weight is 241 g/mol. The molecule has 3 rings (SSSR count). The zero-order valence-corrected chi connectivity index (χ0v) is 9.73. The van der Waals surface area contributed by atoms with Crippen molar-refractivity contribution in [2.24, 2.45) is 0 Å². The van der Waals surface area contributed by atoms with Crippen molar-refractivity contribution in [1.29, 1.82) is 0 Å². The standard InChI is InChI=1S/C13H11N3O2/c1-14-13(17)9-7-15-16-12(9)11-6-8-4-2-3-5-10(8)18-11/h2-7H,1H3,(H,14,17)(H,15,16). The summed E-state index contributed by atoms with van der Waals surface area (Å²) in [5.74, 6) is 0.409. The van der Waals surface area contributed by atoms with E-state index in [0.29, 0.717) is 17.0 Å². The fourth-order valence-electron chi connectivity index (χ4n) is 1.89. The number of carbonyl (C=O) groups excluding carboxylic acids is 1. The largest absolute Gasteiger partial charge is 0.454 e. The van der Waals surface area contributed by atoms with Gasteiger partial charge in [-0.1, -0.05) is 18.2 Å². The summed E-state index contributed by atoms with van der Waals surface area (Å²) in [4.78, 5) is 11.7. The molecule has 18 heavy (non-hydrogen) atoms. The van der Waals surface area contributed by atoms with Crippen molar-refractivity contribution in [3.8, 4) is 11.5 Å². The molecule has 0 fully saturated rings. The number of fused-ring (bicyclic) bond motifs is 1. The van der Waals surface area contributed by atoms with Gasteiger partial charge in [-0.3, -0.25) is 9.89 Å². The molecule has 1 aromatic carbocycles. The predicted molar refractivity (Wildman–Crippen MR) is 67.2 cm³/mol. The Morgan fingerprint density at radius 2 is 2.22 bits per heavy atom. The summed E-state index contributed by atoms with van der Waals surface area (Å²) in [5, 5.41) is 10.2. The van der Waals surface area contributed by atoms with Crippen LogP contribution < -0.4 is 5.32 Å². The van der Waals surface area contributed by atoms with Gasteiger partial charge in [-0.25, -0.2) is 0 Å². The molecular formula is C13H11N3O2. The van der Waals surface area contributed by atoms with E-state index in [2.05, 4.69) is 15.5 Å². The summed E-state index contributed by atoms with van der Waals surface area (Å²) in [6.07, 6.45) is 1.49. The van der Waals surface area contributed by atoms with Crippen molar-refractivity contribution in [2.75, 3.05) is 7.05 Å². The second-order valence-corrected chi connectivity index (χ2v) is 3.89. The smallest absolute Gasteiger partial charge is 0.254 e. The molecule has 0 aliphatic carbocycles. The Hall–Kier alpha value is -2.56. The molecule has 2 aromatic heterocycles. The molecule has 0 saturated carbocycles. The molecule has 5 heteroatoms. The molecule has 3 aromatic rings. The van der Waals surface area contributed by atoms with E-state index in [1.165, 1.54) is 6.20 Å². The average Bonchev–Trinajstić information content (AvgIpc) is 3.03. The van der Waals surface area contributed by atoms with Crippen molar-refractivity contribution in [2.45, 2.75) is 0 Å². The lowest BCUT2D eigenvalue weighted by atomic mass is 10.2. The molecule has 2 N–H and O–H groups in total. The van der Waals surface area contributed by atoms with E-state index >= 15 is 0 Å². The van der Waals surface area contributed by atoms with Crippen LogP contribution in [0.3, 0.4) is 0 Å². The molecule has 1 amide bonds. The summed E-state index contributed by atoms with van der Waals surface area (Å²) >= 11 is 0. The van der Waals surface area contributed by atoms with Crippen LogP contribution in [0.25, 0.3) is 22.4 Å². The summed E-state index contributed by atoms with van der Waals surface area (Å²) in [6, 6.07) is 9.57. The van der Waals surface area contributed by atoms with Gasteiger partial charge in [0.05, 0.1) is 11.8 Å². The molecule has 0 spiro atoms. The van der Waals surface area contributed by atoms with Gasteiger partial charge < -0.3 is 9.73 Å².